The van der Waals surface area contributed by atoms with E-state index in [4.69, 9.17) is 48.9 Å². The van der Waals surface area contributed by atoms with Crippen LogP contribution < -0.4 is 0 Å². The Balaban J connectivity index is 1.24. The van der Waals surface area contributed by atoms with Gasteiger partial charge in [-0.05, 0) is 49.9 Å². The molecule has 0 N–H and O–H groups in total. The van der Waals surface area contributed by atoms with Gasteiger partial charge in [-0.3, -0.25) is 29.0 Å². The van der Waals surface area contributed by atoms with Gasteiger partial charge in [0.25, 0.3) is 23.6 Å². The maximum Gasteiger partial charge on any atom is 0.261 e. The maximum absolute atomic E-state index is 13.8. The summed E-state index contributed by atoms with van der Waals surface area (Å²) < 4.78 is 0. The van der Waals surface area contributed by atoms with Crippen molar-refractivity contribution in [1.82, 2.24) is 19.8 Å². The summed E-state index contributed by atoms with van der Waals surface area (Å²) in [4.78, 5) is 59.3. The second-order valence-corrected chi connectivity index (χ2v) is 14.4. The summed E-state index contributed by atoms with van der Waals surface area (Å²) in [6, 6.07) is 13.7. The number of hydrogen-bond donors (Lipinski definition) is 0. The molecule has 8 rings (SSSR count). The smallest absolute Gasteiger partial charge is 0.261 e. The summed E-state index contributed by atoms with van der Waals surface area (Å²) in [5.74, 6) is -1.30. The molecule has 4 aromatic carbocycles. The highest BCUT2D eigenvalue weighted by Gasteiger charge is 2.44. The maximum atomic E-state index is 13.8. The standard InChI is InChI=1S/C38H30N4O4S4/c1-5-17(6-2)39-31(43)19-9-13-23-29-24(14-10-20(27(19)29)32(39)44)36(48)41(35(23)47)42-37(49)25-15-11-21-28-22(12-16-26(30(25)28)38(42)50)34(46)40(33(21)45)18(7-3)8-4/h9-18H,5-8H2,1-4H3. The van der Waals surface area contributed by atoms with Crippen LogP contribution in [0.3, 0.4) is 0 Å². The molecule has 0 atom stereocenters. The summed E-state index contributed by atoms with van der Waals surface area (Å²) >= 11 is 24.5. The lowest BCUT2D eigenvalue weighted by atomic mass is 9.85. The van der Waals surface area contributed by atoms with Gasteiger partial charge in [0.15, 0.2) is 0 Å². The average molecular weight is 735 g/mol. The van der Waals surface area contributed by atoms with Crippen molar-refractivity contribution in [2.45, 2.75) is 65.5 Å². The number of benzene rings is 4. The number of amides is 4. The van der Waals surface area contributed by atoms with Gasteiger partial charge in [0, 0.05) is 78.1 Å². The van der Waals surface area contributed by atoms with Crippen molar-refractivity contribution in [1.29, 1.82) is 0 Å². The molecule has 0 radical (unpaired) electrons. The zero-order valence-corrected chi connectivity index (χ0v) is 30.9. The Hall–Kier alpha value is -4.36. The molecule has 0 aromatic heterocycles. The van der Waals surface area contributed by atoms with E-state index in [0.717, 1.165) is 0 Å². The van der Waals surface area contributed by atoms with Gasteiger partial charge in [0.1, 0.15) is 20.0 Å². The lowest BCUT2D eigenvalue weighted by Gasteiger charge is -2.44. The van der Waals surface area contributed by atoms with Crippen LogP contribution in [0.5, 0.6) is 0 Å². The van der Waals surface area contributed by atoms with Crippen molar-refractivity contribution in [2.75, 3.05) is 0 Å². The van der Waals surface area contributed by atoms with Crippen molar-refractivity contribution in [3.63, 3.8) is 0 Å². The first kappa shape index (κ1) is 32.8. The largest absolute Gasteiger partial charge is 0.271 e. The van der Waals surface area contributed by atoms with Crippen molar-refractivity contribution in [3.8, 4) is 0 Å². The predicted octanol–water partition coefficient (Wildman–Crippen LogP) is 7.51. The van der Waals surface area contributed by atoms with E-state index in [-0.39, 0.29) is 35.7 Å². The van der Waals surface area contributed by atoms with E-state index in [1.54, 1.807) is 58.5 Å². The topological polar surface area (TPSA) is 81.2 Å². The molecule has 4 amide bonds. The van der Waals surface area contributed by atoms with Crippen LogP contribution in [0.1, 0.15) is 117 Å². The summed E-state index contributed by atoms with van der Waals surface area (Å²) in [5, 5.41) is 5.70. The van der Waals surface area contributed by atoms with Gasteiger partial charge in [0.2, 0.25) is 0 Å². The van der Waals surface area contributed by atoms with Crippen molar-refractivity contribution >= 4 is 114 Å². The first-order valence-corrected chi connectivity index (χ1v) is 18.4. The fourth-order valence-corrected chi connectivity index (χ4v) is 9.58. The van der Waals surface area contributed by atoms with E-state index in [1.807, 2.05) is 27.7 Å². The third-order valence-corrected chi connectivity index (χ3v) is 12.2. The minimum absolute atomic E-state index is 0.211. The summed E-state index contributed by atoms with van der Waals surface area (Å²) in [7, 11) is 0. The summed E-state index contributed by atoms with van der Waals surface area (Å²) in [6.07, 6.45) is 2.63. The molecule has 0 fully saturated rings. The second kappa shape index (κ2) is 11.6. The number of imide groups is 2. The number of carbonyl (C=O) groups is 4. The molecule has 250 valence electrons. The van der Waals surface area contributed by atoms with Crippen LogP contribution in [0.4, 0.5) is 0 Å². The molecule has 0 spiro atoms. The highest BCUT2D eigenvalue weighted by molar-refractivity contribution is 7.83. The van der Waals surface area contributed by atoms with E-state index in [9.17, 15) is 19.2 Å². The first-order valence-electron chi connectivity index (χ1n) is 16.7. The lowest BCUT2D eigenvalue weighted by molar-refractivity contribution is 0.0514. The molecule has 4 heterocycles. The highest BCUT2D eigenvalue weighted by Crippen LogP contribution is 2.43. The van der Waals surface area contributed by atoms with Crippen molar-refractivity contribution in [2.24, 2.45) is 0 Å². The number of carbonyl (C=O) groups excluding carboxylic acids is 4. The minimum Gasteiger partial charge on any atom is -0.271 e. The Morgan fingerprint density at radius 1 is 0.400 bits per heavy atom. The van der Waals surface area contributed by atoms with Crippen molar-refractivity contribution in [3.05, 3.63) is 93.0 Å². The van der Waals surface area contributed by atoms with E-state index in [2.05, 4.69) is 0 Å². The van der Waals surface area contributed by atoms with E-state index in [1.165, 1.54) is 9.80 Å². The van der Waals surface area contributed by atoms with Crippen molar-refractivity contribution < 1.29 is 19.2 Å². The Morgan fingerprint density at radius 3 is 0.820 bits per heavy atom. The van der Waals surface area contributed by atoms with Crippen LogP contribution in [0.15, 0.2) is 48.5 Å². The van der Waals surface area contributed by atoms with Crippen LogP contribution in [0.25, 0.3) is 21.5 Å². The predicted molar refractivity (Wildman–Crippen MR) is 208 cm³/mol. The SMILES string of the molecule is CCC(CC)N1C(=O)c2ccc3c4c(ccc(c24)C1=O)C(=S)N(N1C(=S)c2ccc4c5c(ccc(c25)C1=S)C(=O)N(C(CC)CC)C4=O)C3=S. The number of hydrogen-bond acceptors (Lipinski definition) is 8. The third kappa shape index (κ3) is 4.07. The highest BCUT2D eigenvalue weighted by atomic mass is 32.1. The van der Waals surface area contributed by atoms with Gasteiger partial charge in [-0.1, -0.05) is 101 Å². The monoisotopic (exact) mass is 734 g/mol. The molecule has 4 aromatic rings. The molecule has 4 aliphatic rings. The van der Waals surface area contributed by atoms with Gasteiger partial charge in [-0.15, -0.1) is 0 Å². The normalized spacial score (nSPS) is 16.8. The Kier molecular flexibility index (Phi) is 7.61. The molecule has 50 heavy (non-hydrogen) atoms. The molecule has 0 saturated heterocycles. The molecule has 0 bridgehead atoms. The average Bonchev–Trinajstić information content (AvgIpc) is 3.12. The number of hydrazine groups is 1. The second-order valence-electron chi connectivity index (χ2n) is 12.9. The minimum atomic E-state index is -0.325. The van der Waals surface area contributed by atoms with Crippen LogP contribution in [-0.2, 0) is 0 Å². The summed E-state index contributed by atoms with van der Waals surface area (Å²) in [6.45, 7) is 7.88. The zero-order valence-electron chi connectivity index (χ0n) is 27.7. The van der Waals surface area contributed by atoms with Crippen LogP contribution in [-0.4, -0.2) is 75.5 Å². The van der Waals surface area contributed by atoms with Gasteiger partial charge in [0.05, 0.1) is 0 Å². The molecular formula is C38H30N4O4S4. The number of rotatable bonds is 7. The van der Waals surface area contributed by atoms with Crippen LogP contribution in [0, 0.1) is 0 Å². The molecule has 0 unspecified atom stereocenters. The quantitative estimate of drug-likeness (QED) is 0.141. The molecular weight excluding hydrogens is 705 g/mol. The fourth-order valence-electron chi connectivity index (χ4n) is 8.10. The van der Waals surface area contributed by atoms with Gasteiger partial charge in [-0.2, -0.15) is 0 Å². The Bertz CT molecular complexity index is 2070. The van der Waals surface area contributed by atoms with Crippen LogP contribution >= 0.6 is 48.9 Å². The molecule has 8 nitrogen and oxygen atoms in total. The Morgan fingerprint density at radius 2 is 0.600 bits per heavy atom. The van der Waals surface area contributed by atoms with Gasteiger partial charge in [-0.25, -0.2) is 10.0 Å². The first-order chi connectivity index (χ1) is 24.0. The van der Waals surface area contributed by atoms with E-state index < -0.39 is 0 Å². The fraction of sp³-hybridized carbons (Fsp3) is 0.263. The molecule has 12 heteroatoms. The molecule has 0 saturated carbocycles. The van der Waals surface area contributed by atoms with Gasteiger partial charge >= 0.3 is 0 Å². The third-order valence-electron chi connectivity index (χ3n) is 10.6. The number of nitrogens with zero attached hydrogens (tertiary/aromatic N) is 4. The van der Waals surface area contributed by atoms with E-state index in [0.29, 0.717) is 112 Å². The zero-order chi connectivity index (χ0) is 35.5. The van der Waals surface area contributed by atoms with Gasteiger partial charge < -0.3 is 0 Å². The van der Waals surface area contributed by atoms with E-state index >= 15 is 0 Å². The molecule has 4 aliphatic heterocycles. The summed E-state index contributed by atoms with van der Waals surface area (Å²) in [5.41, 5.74) is 4.26. The Labute approximate surface area is 309 Å². The molecule has 0 aliphatic carbocycles. The van der Waals surface area contributed by atoms with Crippen LogP contribution in [0.2, 0.25) is 0 Å². The number of thiocarbonyl (C=S) groups is 4. The lowest BCUT2D eigenvalue weighted by Crippen LogP contribution is -2.57.